The summed E-state index contributed by atoms with van der Waals surface area (Å²) in [4.78, 5) is 22.8. The molecule has 1 aliphatic heterocycles. The molecule has 2 N–H and O–H groups in total. The van der Waals surface area contributed by atoms with E-state index in [1.54, 1.807) is 13.1 Å². The minimum atomic E-state index is -0.272. The fraction of sp³-hybridized carbons (Fsp3) is 0.500. The Morgan fingerprint density at radius 1 is 1.25 bits per heavy atom. The van der Waals surface area contributed by atoms with Gasteiger partial charge in [-0.1, -0.05) is 11.2 Å². The van der Waals surface area contributed by atoms with Crippen molar-refractivity contribution in [2.45, 2.75) is 39.3 Å². The van der Waals surface area contributed by atoms with E-state index in [1.165, 1.54) is 19.3 Å². The first-order valence-corrected chi connectivity index (χ1v) is 8.22. The van der Waals surface area contributed by atoms with Crippen LogP contribution in [0.4, 0.5) is 10.6 Å². The molecule has 2 amide bonds. The molecule has 1 aliphatic rings. The molecule has 8 nitrogen and oxygen atoms in total. The monoisotopic (exact) mass is 330 g/mol. The fourth-order valence-electron chi connectivity index (χ4n) is 2.77. The van der Waals surface area contributed by atoms with Crippen LogP contribution in [-0.4, -0.2) is 34.2 Å². The average molecular weight is 330 g/mol. The maximum absolute atomic E-state index is 11.9. The minimum absolute atomic E-state index is 0.231. The second kappa shape index (κ2) is 7.76. The van der Waals surface area contributed by atoms with Crippen LogP contribution in [0.3, 0.4) is 0 Å². The van der Waals surface area contributed by atoms with Crippen LogP contribution in [0.5, 0.6) is 0 Å². The Hall–Kier alpha value is -2.64. The number of urea groups is 1. The standard InChI is InChI=1S/C16H22N6O2/c1-12-20-14(21-24-12)11-19-16(23)18-10-13-6-5-7-17-15(13)22-8-3-2-4-9-22/h5-7H,2-4,8-11H2,1H3,(H2,18,19,23). The normalized spacial score (nSPS) is 14.5. The molecule has 8 heteroatoms. The predicted octanol–water partition coefficient (Wildman–Crippen LogP) is 1.76. The van der Waals surface area contributed by atoms with Gasteiger partial charge in [-0.25, -0.2) is 9.78 Å². The van der Waals surface area contributed by atoms with E-state index in [4.69, 9.17) is 4.52 Å². The van der Waals surface area contributed by atoms with Gasteiger partial charge in [0.25, 0.3) is 0 Å². The van der Waals surface area contributed by atoms with E-state index in [-0.39, 0.29) is 12.6 Å². The van der Waals surface area contributed by atoms with Crippen LogP contribution in [0.15, 0.2) is 22.9 Å². The maximum Gasteiger partial charge on any atom is 0.315 e. The molecule has 0 bridgehead atoms. The highest BCUT2D eigenvalue weighted by Crippen LogP contribution is 2.21. The Bertz CT molecular complexity index is 681. The molecule has 0 radical (unpaired) electrons. The van der Waals surface area contributed by atoms with Crippen LogP contribution in [-0.2, 0) is 13.1 Å². The number of nitrogens with one attached hydrogen (secondary N) is 2. The summed E-state index contributed by atoms with van der Waals surface area (Å²) in [6.45, 7) is 4.41. The summed E-state index contributed by atoms with van der Waals surface area (Å²) in [5, 5.41) is 9.30. The number of aryl methyl sites for hydroxylation is 1. The zero-order valence-electron chi connectivity index (χ0n) is 13.8. The highest BCUT2D eigenvalue weighted by atomic mass is 16.5. The van der Waals surface area contributed by atoms with Crippen molar-refractivity contribution in [3.8, 4) is 0 Å². The van der Waals surface area contributed by atoms with Crippen molar-refractivity contribution in [2.75, 3.05) is 18.0 Å². The average Bonchev–Trinajstić information content (AvgIpc) is 3.04. The van der Waals surface area contributed by atoms with Crippen LogP contribution in [0.25, 0.3) is 0 Å². The van der Waals surface area contributed by atoms with Crippen molar-refractivity contribution in [3.63, 3.8) is 0 Å². The van der Waals surface area contributed by atoms with Gasteiger partial charge in [0.2, 0.25) is 5.89 Å². The van der Waals surface area contributed by atoms with Crippen LogP contribution in [0, 0.1) is 6.92 Å². The van der Waals surface area contributed by atoms with Gasteiger partial charge in [0.15, 0.2) is 5.82 Å². The van der Waals surface area contributed by atoms with Crippen molar-refractivity contribution in [3.05, 3.63) is 35.6 Å². The van der Waals surface area contributed by atoms with E-state index >= 15 is 0 Å². The molecule has 1 fully saturated rings. The first-order valence-electron chi connectivity index (χ1n) is 8.22. The van der Waals surface area contributed by atoms with E-state index in [0.29, 0.717) is 18.3 Å². The van der Waals surface area contributed by atoms with Gasteiger partial charge in [-0.2, -0.15) is 4.98 Å². The molecule has 3 heterocycles. The van der Waals surface area contributed by atoms with E-state index in [9.17, 15) is 4.79 Å². The van der Waals surface area contributed by atoms with Gasteiger partial charge in [0.1, 0.15) is 5.82 Å². The number of carbonyl (C=O) groups is 1. The number of anilines is 1. The number of carbonyl (C=O) groups excluding carboxylic acids is 1. The lowest BCUT2D eigenvalue weighted by molar-refractivity contribution is 0.239. The molecule has 0 aliphatic carbocycles. The lowest BCUT2D eigenvalue weighted by Crippen LogP contribution is -2.36. The molecule has 0 spiro atoms. The molecule has 0 saturated carbocycles. The van der Waals surface area contributed by atoms with E-state index < -0.39 is 0 Å². The Morgan fingerprint density at radius 2 is 2.04 bits per heavy atom. The van der Waals surface area contributed by atoms with Crippen molar-refractivity contribution < 1.29 is 9.32 Å². The molecule has 0 atom stereocenters. The van der Waals surface area contributed by atoms with Crippen LogP contribution >= 0.6 is 0 Å². The quantitative estimate of drug-likeness (QED) is 0.867. The highest BCUT2D eigenvalue weighted by molar-refractivity contribution is 5.73. The largest absolute Gasteiger partial charge is 0.356 e. The lowest BCUT2D eigenvalue weighted by Gasteiger charge is -2.29. The lowest BCUT2D eigenvalue weighted by atomic mass is 10.1. The topological polar surface area (TPSA) is 96.2 Å². The summed E-state index contributed by atoms with van der Waals surface area (Å²) >= 11 is 0. The maximum atomic E-state index is 11.9. The fourth-order valence-corrected chi connectivity index (χ4v) is 2.77. The second-order valence-corrected chi connectivity index (χ2v) is 5.80. The molecule has 24 heavy (non-hydrogen) atoms. The van der Waals surface area contributed by atoms with Crippen LogP contribution < -0.4 is 15.5 Å². The van der Waals surface area contributed by atoms with Crippen LogP contribution in [0.2, 0.25) is 0 Å². The van der Waals surface area contributed by atoms with E-state index in [0.717, 1.165) is 24.5 Å². The molecular formula is C16H22N6O2. The minimum Gasteiger partial charge on any atom is -0.356 e. The second-order valence-electron chi connectivity index (χ2n) is 5.80. The molecule has 3 rings (SSSR count). The van der Waals surface area contributed by atoms with Gasteiger partial charge in [0.05, 0.1) is 6.54 Å². The number of hydrogen-bond donors (Lipinski definition) is 2. The van der Waals surface area contributed by atoms with Gasteiger partial charge < -0.3 is 20.1 Å². The molecule has 2 aromatic heterocycles. The van der Waals surface area contributed by atoms with Crippen molar-refractivity contribution in [2.24, 2.45) is 0 Å². The highest BCUT2D eigenvalue weighted by Gasteiger charge is 2.15. The van der Waals surface area contributed by atoms with Gasteiger partial charge >= 0.3 is 6.03 Å². The van der Waals surface area contributed by atoms with Crippen molar-refractivity contribution in [1.82, 2.24) is 25.8 Å². The third-order valence-electron chi connectivity index (χ3n) is 3.94. The summed E-state index contributed by atoms with van der Waals surface area (Å²) in [6.07, 6.45) is 5.45. The number of hydrogen-bond acceptors (Lipinski definition) is 6. The number of piperidine rings is 1. The van der Waals surface area contributed by atoms with E-state index in [1.807, 2.05) is 12.1 Å². The zero-order valence-corrected chi connectivity index (χ0v) is 13.8. The Morgan fingerprint density at radius 3 is 2.79 bits per heavy atom. The van der Waals surface area contributed by atoms with Gasteiger partial charge in [-0.05, 0) is 25.3 Å². The van der Waals surface area contributed by atoms with Gasteiger partial charge in [-0.3, -0.25) is 0 Å². The molecule has 2 aromatic rings. The van der Waals surface area contributed by atoms with Crippen LogP contribution in [0.1, 0.15) is 36.5 Å². The Balaban J connectivity index is 1.53. The predicted molar refractivity (Wildman–Crippen MR) is 88.4 cm³/mol. The Labute approximate surface area is 140 Å². The Kier molecular flexibility index (Phi) is 5.25. The number of pyridine rings is 1. The number of amides is 2. The first kappa shape index (κ1) is 16.2. The van der Waals surface area contributed by atoms with Crippen molar-refractivity contribution >= 4 is 11.8 Å². The summed E-state index contributed by atoms with van der Waals surface area (Å²) in [7, 11) is 0. The van der Waals surface area contributed by atoms with Crippen molar-refractivity contribution in [1.29, 1.82) is 0 Å². The molecule has 0 aromatic carbocycles. The number of rotatable bonds is 5. The molecule has 0 unspecified atom stereocenters. The summed E-state index contributed by atoms with van der Waals surface area (Å²) in [5.41, 5.74) is 1.02. The summed E-state index contributed by atoms with van der Waals surface area (Å²) in [6, 6.07) is 3.62. The molecule has 1 saturated heterocycles. The molecular weight excluding hydrogens is 308 g/mol. The summed E-state index contributed by atoms with van der Waals surface area (Å²) < 4.78 is 4.86. The zero-order chi connectivity index (χ0) is 16.8. The summed E-state index contributed by atoms with van der Waals surface area (Å²) in [5.74, 6) is 1.90. The third-order valence-corrected chi connectivity index (χ3v) is 3.94. The van der Waals surface area contributed by atoms with E-state index in [2.05, 4.69) is 30.7 Å². The van der Waals surface area contributed by atoms with Gasteiger partial charge in [0, 0.05) is 38.3 Å². The number of aromatic nitrogens is 3. The number of nitrogens with zero attached hydrogens (tertiary/aromatic N) is 4. The van der Waals surface area contributed by atoms with Gasteiger partial charge in [-0.15, -0.1) is 0 Å². The molecule has 128 valence electrons. The smallest absolute Gasteiger partial charge is 0.315 e. The first-order chi connectivity index (χ1) is 11.7. The third kappa shape index (κ3) is 4.21. The SMILES string of the molecule is Cc1nc(CNC(=O)NCc2cccnc2N2CCCCC2)no1.